The lowest BCUT2D eigenvalue weighted by Gasteiger charge is -1.99. The monoisotopic (exact) mass is 217 g/mol. The standard InChI is InChI=1S/C12H11NO3/c1-2-10-13-8-11(15-10)16-12(14)9-6-4-3-5-7-9/h3-8H,2H2,1H3. The van der Waals surface area contributed by atoms with Crippen LogP contribution in [0.25, 0.3) is 0 Å². The van der Waals surface area contributed by atoms with Crippen molar-refractivity contribution in [1.29, 1.82) is 0 Å². The molecule has 0 fully saturated rings. The number of ether oxygens (including phenoxy) is 1. The fraction of sp³-hybridized carbons (Fsp3) is 0.167. The summed E-state index contributed by atoms with van der Waals surface area (Å²) in [6, 6.07) is 8.74. The van der Waals surface area contributed by atoms with Gasteiger partial charge in [0.15, 0.2) is 5.89 Å². The molecule has 1 heterocycles. The van der Waals surface area contributed by atoms with Crippen LogP contribution in [0, 0.1) is 0 Å². The van der Waals surface area contributed by atoms with E-state index in [9.17, 15) is 4.79 Å². The summed E-state index contributed by atoms with van der Waals surface area (Å²) < 4.78 is 10.2. The van der Waals surface area contributed by atoms with E-state index in [2.05, 4.69) is 4.98 Å². The molecule has 2 aromatic rings. The van der Waals surface area contributed by atoms with E-state index in [-0.39, 0.29) is 5.95 Å². The van der Waals surface area contributed by atoms with Gasteiger partial charge >= 0.3 is 11.9 Å². The fourth-order valence-corrected chi connectivity index (χ4v) is 1.23. The highest BCUT2D eigenvalue weighted by atomic mass is 16.6. The molecule has 0 aliphatic rings. The smallest absolute Gasteiger partial charge is 0.345 e. The third kappa shape index (κ3) is 2.28. The highest BCUT2D eigenvalue weighted by Crippen LogP contribution is 2.14. The zero-order valence-corrected chi connectivity index (χ0v) is 8.84. The summed E-state index contributed by atoms with van der Waals surface area (Å²) in [4.78, 5) is 15.5. The van der Waals surface area contributed by atoms with Crippen LogP contribution in [0.4, 0.5) is 0 Å². The molecule has 0 aliphatic heterocycles. The first-order valence-corrected chi connectivity index (χ1v) is 5.01. The van der Waals surface area contributed by atoms with E-state index >= 15 is 0 Å². The summed E-state index contributed by atoms with van der Waals surface area (Å²) in [5, 5.41) is 0. The van der Waals surface area contributed by atoms with Crippen molar-refractivity contribution in [1.82, 2.24) is 4.98 Å². The maximum absolute atomic E-state index is 11.6. The Balaban J connectivity index is 2.08. The normalized spacial score (nSPS) is 10.1. The minimum absolute atomic E-state index is 0.130. The second-order valence-corrected chi connectivity index (χ2v) is 3.18. The van der Waals surface area contributed by atoms with Gasteiger partial charge in [0.25, 0.3) is 0 Å². The van der Waals surface area contributed by atoms with E-state index in [1.807, 2.05) is 13.0 Å². The minimum Gasteiger partial charge on any atom is -0.410 e. The predicted octanol–water partition coefficient (Wildman–Crippen LogP) is 2.46. The van der Waals surface area contributed by atoms with Crippen molar-refractivity contribution in [3.05, 3.63) is 48.0 Å². The van der Waals surface area contributed by atoms with Crippen molar-refractivity contribution in [2.24, 2.45) is 0 Å². The van der Waals surface area contributed by atoms with Crippen molar-refractivity contribution >= 4 is 5.97 Å². The summed E-state index contributed by atoms with van der Waals surface area (Å²) >= 11 is 0. The van der Waals surface area contributed by atoms with E-state index in [0.717, 1.165) is 0 Å². The van der Waals surface area contributed by atoms with Gasteiger partial charge in [0.2, 0.25) is 0 Å². The third-order valence-corrected chi connectivity index (χ3v) is 2.04. The number of nitrogens with zero attached hydrogens (tertiary/aromatic N) is 1. The number of aromatic nitrogens is 1. The zero-order valence-electron chi connectivity index (χ0n) is 8.84. The topological polar surface area (TPSA) is 52.3 Å². The van der Waals surface area contributed by atoms with Crippen LogP contribution < -0.4 is 4.74 Å². The average Bonchev–Trinajstić information content (AvgIpc) is 2.78. The van der Waals surface area contributed by atoms with Gasteiger partial charge in [0.05, 0.1) is 5.56 Å². The molecule has 0 saturated carbocycles. The Hall–Kier alpha value is -2.10. The van der Waals surface area contributed by atoms with Crippen LogP contribution >= 0.6 is 0 Å². The van der Waals surface area contributed by atoms with Crippen molar-refractivity contribution in [2.45, 2.75) is 13.3 Å². The van der Waals surface area contributed by atoms with Gasteiger partial charge in [-0.25, -0.2) is 9.78 Å². The largest absolute Gasteiger partial charge is 0.410 e. The van der Waals surface area contributed by atoms with Crippen LogP contribution in [-0.2, 0) is 6.42 Å². The second-order valence-electron chi connectivity index (χ2n) is 3.18. The summed E-state index contributed by atoms with van der Waals surface area (Å²) in [7, 11) is 0. The van der Waals surface area contributed by atoms with Gasteiger partial charge in [0.1, 0.15) is 6.20 Å². The molecule has 0 bridgehead atoms. The van der Waals surface area contributed by atoms with Crippen LogP contribution in [0.2, 0.25) is 0 Å². The van der Waals surface area contributed by atoms with Gasteiger partial charge in [-0.1, -0.05) is 25.1 Å². The highest BCUT2D eigenvalue weighted by Gasteiger charge is 2.11. The van der Waals surface area contributed by atoms with Gasteiger partial charge in [0, 0.05) is 6.42 Å². The number of aryl methyl sites for hydroxylation is 1. The van der Waals surface area contributed by atoms with Crippen LogP contribution in [0.5, 0.6) is 5.95 Å². The van der Waals surface area contributed by atoms with Gasteiger partial charge in [-0.15, -0.1) is 0 Å². The lowest BCUT2D eigenvalue weighted by Crippen LogP contribution is -2.07. The molecule has 0 N–H and O–H groups in total. The lowest BCUT2D eigenvalue weighted by molar-refractivity contribution is 0.0692. The molecule has 4 heteroatoms. The van der Waals surface area contributed by atoms with Crippen molar-refractivity contribution in [3.8, 4) is 5.95 Å². The van der Waals surface area contributed by atoms with Crippen LogP contribution in [0.3, 0.4) is 0 Å². The Kier molecular flexibility index (Phi) is 3.00. The Morgan fingerprint density at radius 3 is 2.75 bits per heavy atom. The lowest BCUT2D eigenvalue weighted by atomic mass is 10.2. The number of hydrogen-bond donors (Lipinski definition) is 0. The molecule has 2 rings (SSSR count). The number of oxazole rings is 1. The Bertz CT molecular complexity index is 476. The quantitative estimate of drug-likeness (QED) is 0.741. The van der Waals surface area contributed by atoms with Crippen LogP contribution in [-0.4, -0.2) is 11.0 Å². The van der Waals surface area contributed by atoms with Crippen LogP contribution in [0.1, 0.15) is 23.2 Å². The molecular weight excluding hydrogens is 206 g/mol. The first-order chi connectivity index (χ1) is 7.79. The number of carbonyl (C=O) groups is 1. The number of carbonyl (C=O) groups excluding carboxylic acids is 1. The summed E-state index contributed by atoms with van der Waals surface area (Å²) in [5.74, 6) is 0.237. The first-order valence-electron chi connectivity index (χ1n) is 5.01. The zero-order chi connectivity index (χ0) is 11.4. The Morgan fingerprint density at radius 2 is 2.12 bits per heavy atom. The molecule has 1 aromatic heterocycles. The molecule has 0 spiro atoms. The fourth-order valence-electron chi connectivity index (χ4n) is 1.23. The van der Waals surface area contributed by atoms with E-state index < -0.39 is 5.97 Å². The summed E-state index contributed by atoms with van der Waals surface area (Å²) in [5.41, 5.74) is 0.483. The Morgan fingerprint density at radius 1 is 1.38 bits per heavy atom. The van der Waals surface area contributed by atoms with Crippen molar-refractivity contribution in [3.63, 3.8) is 0 Å². The minimum atomic E-state index is -0.445. The highest BCUT2D eigenvalue weighted by molar-refractivity contribution is 5.90. The second kappa shape index (κ2) is 4.61. The molecule has 1 aromatic carbocycles. The molecule has 0 amide bonds. The molecule has 0 atom stereocenters. The van der Waals surface area contributed by atoms with E-state index in [0.29, 0.717) is 17.9 Å². The molecule has 4 nitrogen and oxygen atoms in total. The molecule has 0 unspecified atom stereocenters. The first kappa shape index (κ1) is 10.4. The molecule has 0 radical (unpaired) electrons. The van der Waals surface area contributed by atoms with Crippen molar-refractivity contribution in [2.75, 3.05) is 0 Å². The summed E-state index contributed by atoms with van der Waals surface area (Å²) in [6.07, 6.45) is 2.07. The van der Waals surface area contributed by atoms with E-state index in [1.54, 1.807) is 24.3 Å². The van der Waals surface area contributed by atoms with Gasteiger partial charge in [-0.05, 0) is 12.1 Å². The number of hydrogen-bond acceptors (Lipinski definition) is 4. The molecule has 0 aliphatic carbocycles. The predicted molar refractivity (Wildman–Crippen MR) is 57.3 cm³/mol. The van der Waals surface area contributed by atoms with Crippen molar-refractivity contribution < 1.29 is 13.9 Å². The van der Waals surface area contributed by atoms with Gasteiger partial charge in [-0.2, -0.15) is 0 Å². The molecule has 0 saturated heterocycles. The van der Waals surface area contributed by atoms with Crippen LogP contribution in [0.15, 0.2) is 40.9 Å². The molecule has 16 heavy (non-hydrogen) atoms. The van der Waals surface area contributed by atoms with Gasteiger partial charge in [-0.3, -0.25) is 0 Å². The summed E-state index contributed by atoms with van der Waals surface area (Å²) in [6.45, 7) is 1.91. The van der Waals surface area contributed by atoms with E-state index in [1.165, 1.54) is 6.20 Å². The maximum atomic E-state index is 11.6. The average molecular weight is 217 g/mol. The molecule has 82 valence electrons. The third-order valence-electron chi connectivity index (χ3n) is 2.04. The SMILES string of the molecule is CCc1ncc(OC(=O)c2ccccc2)o1. The number of esters is 1. The molecular formula is C12H11NO3. The van der Waals surface area contributed by atoms with E-state index in [4.69, 9.17) is 9.15 Å². The maximum Gasteiger partial charge on any atom is 0.345 e. The number of rotatable bonds is 3. The Labute approximate surface area is 92.9 Å². The van der Waals surface area contributed by atoms with Gasteiger partial charge < -0.3 is 9.15 Å². The number of benzene rings is 1.